The lowest BCUT2D eigenvalue weighted by Gasteiger charge is -2.34. The van der Waals surface area contributed by atoms with Crippen molar-refractivity contribution in [1.29, 1.82) is 0 Å². The van der Waals surface area contributed by atoms with Gasteiger partial charge in [-0.2, -0.15) is 0 Å². The van der Waals surface area contributed by atoms with E-state index in [0.717, 1.165) is 32.5 Å². The number of phenols is 1. The van der Waals surface area contributed by atoms with Crippen molar-refractivity contribution < 1.29 is 9.90 Å². The first-order chi connectivity index (χ1) is 9.22. The number of rotatable bonds is 4. The fourth-order valence-electron chi connectivity index (χ4n) is 2.66. The molecule has 1 aromatic carbocycles. The first kappa shape index (κ1) is 13.9. The quantitative estimate of drug-likeness (QED) is 0.865. The summed E-state index contributed by atoms with van der Waals surface area (Å²) < 4.78 is 0. The molecule has 1 unspecified atom stereocenters. The van der Waals surface area contributed by atoms with E-state index in [2.05, 4.69) is 5.32 Å². The normalized spacial score (nSPS) is 19.1. The molecule has 2 rings (SSSR count). The molecule has 1 amide bonds. The summed E-state index contributed by atoms with van der Waals surface area (Å²) in [4.78, 5) is 14.3. The van der Waals surface area contributed by atoms with Crippen molar-refractivity contribution in [2.75, 3.05) is 19.6 Å². The molecule has 1 aliphatic heterocycles. The van der Waals surface area contributed by atoms with E-state index in [4.69, 9.17) is 0 Å². The fraction of sp³-hybridized carbons (Fsp3) is 0.533. The molecule has 0 saturated carbocycles. The van der Waals surface area contributed by atoms with Crippen LogP contribution >= 0.6 is 0 Å². The smallest absolute Gasteiger partial charge is 0.227 e. The third kappa shape index (κ3) is 3.47. The Balaban J connectivity index is 2.02. The minimum absolute atomic E-state index is 0.0951. The molecular weight excluding hydrogens is 240 g/mol. The molecule has 1 aromatic rings. The Morgan fingerprint density at radius 3 is 2.89 bits per heavy atom. The highest BCUT2D eigenvalue weighted by atomic mass is 16.3. The van der Waals surface area contributed by atoms with Crippen LogP contribution in [0.3, 0.4) is 0 Å². The average molecular weight is 262 g/mol. The van der Waals surface area contributed by atoms with Gasteiger partial charge in [-0.3, -0.25) is 4.79 Å². The number of nitrogens with zero attached hydrogens (tertiary/aromatic N) is 1. The lowest BCUT2D eigenvalue weighted by Crippen LogP contribution is -2.49. The topological polar surface area (TPSA) is 52.6 Å². The van der Waals surface area contributed by atoms with Crippen LogP contribution in [-0.4, -0.2) is 41.6 Å². The van der Waals surface area contributed by atoms with E-state index in [9.17, 15) is 9.90 Å². The van der Waals surface area contributed by atoms with E-state index in [1.165, 1.54) is 0 Å². The fourth-order valence-corrected chi connectivity index (χ4v) is 2.66. The molecule has 4 nitrogen and oxygen atoms in total. The molecule has 0 radical (unpaired) electrons. The summed E-state index contributed by atoms with van der Waals surface area (Å²) in [6, 6.07) is 7.34. The van der Waals surface area contributed by atoms with Crippen LogP contribution in [0.2, 0.25) is 0 Å². The number of piperidine rings is 1. The Labute approximate surface area is 114 Å². The predicted molar refractivity (Wildman–Crippen MR) is 75.1 cm³/mol. The van der Waals surface area contributed by atoms with Gasteiger partial charge in [0.25, 0.3) is 0 Å². The monoisotopic (exact) mass is 262 g/mol. The number of para-hydroxylation sites is 1. The Hall–Kier alpha value is -1.55. The van der Waals surface area contributed by atoms with Gasteiger partial charge < -0.3 is 15.3 Å². The van der Waals surface area contributed by atoms with Gasteiger partial charge in [0.05, 0.1) is 6.42 Å². The standard InChI is InChI=1S/C15H22N2O2/c1-2-17(13-7-5-9-16-11-13)15(19)10-12-6-3-4-8-14(12)18/h3-4,6,8,13,16,18H,2,5,7,9-11H2,1H3. The molecule has 4 heteroatoms. The van der Waals surface area contributed by atoms with Crippen molar-refractivity contribution in [3.8, 4) is 5.75 Å². The van der Waals surface area contributed by atoms with Gasteiger partial charge in [0.1, 0.15) is 5.75 Å². The van der Waals surface area contributed by atoms with Gasteiger partial charge in [0, 0.05) is 24.7 Å². The number of hydrogen-bond donors (Lipinski definition) is 2. The van der Waals surface area contributed by atoms with E-state index in [-0.39, 0.29) is 24.1 Å². The second kappa shape index (κ2) is 6.57. The molecular formula is C15H22N2O2. The zero-order chi connectivity index (χ0) is 13.7. The van der Waals surface area contributed by atoms with Crippen LogP contribution in [0.1, 0.15) is 25.3 Å². The average Bonchev–Trinajstić information content (AvgIpc) is 2.43. The Bertz CT molecular complexity index is 428. The molecule has 1 fully saturated rings. The molecule has 1 atom stereocenters. The van der Waals surface area contributed by atoms with Gasteiger partial charge in [0.2, 0.25) is 5.91 Å². The number of carbonyl (C=O) groups is 1. The summed E-state index contributed by atoms with van der Waals surface area (Å²) in [6.07, 6.45) is 2.45. The van der Waals surface area contributed by atoms with E-state index < -0.39 is 0 Å². The Morgan fingerprint density at radius 2 is 2.26 bits per heavy atom. The van der Waals surface area contributed by atoms with Gasteiger partial charge >= 0.3 is 0 Å². The number of likely N-dealkylation sites (N-methyl/N-ethyl adjacent to an activating group) is 1. The summed E-state index contributed by atoms with van der Waals surface area (Å²) in [5.41, 5.74) is 0.703. The number of hydrogen-bond acceptors (Lipinski definition) is 3. The summed E-state index contributed by atoms with van der Waals surface area (Å²) >= 11 is 0. The van der Waals surface area contributed by atoms with E-state index in [0.29, 0.717) is 5.56 Å². The first-order valence-electron chi connectivity index (χ1n) is 6.99. The number of nitrogens with one attached hydrogen (secondary N) is 1. The molecule has 104 valence electrons. The van der Waals surface area contributed by atoms with E-state index in [1.807, 2.05) is 17.9 Å². The summed E-state index contributed by atoms with van der Waals surface area (Å²) in [7, 11) is 0. The lowest BCUT2D eigenvalue weighted by atomic mass is 10.0. The largest absolute Gasteiger partial charge is 0.508 e. The predicted octanol–water partition coefficient (Wildman–Crippen LogP) is 1.54. The molecule has 1 aliphatic rings. The molecule has 0 bridgehead atoms. The number of phenolic OH excluding ortho intramolecular Hbond substituents is 1. The summed E-state index contributed by atoms with van der Waals surface area (Å²) in [5, 5.41) is 13.1. The van der Waals surface area contributed by atoms with Crippen LogP contribution in [0.4, 0.5) is 0 Å². The molecule has 1 saturated heterocycles. The maximum absolute atomic E-state index is 12.4. The van der Waals surface area contributed by atoms with E-state index in [1.54, 1.807) is 18.2 Å². The molecule has 19 heavy (non-hydrogen) atoms. The minimum atomic E-state index is 0.0951. The van der Waals surface area contributed by atoms with Crippen LogP contribution in [-0.2, 0) is 11.2 Å². The van der Waals surface area contributed by atoms with Crippen LogP contribution in [0.25, 0.3) is 0 Å². The number of aromatic hydroxyl groups is 1. The van der Waals surface area contributed by atoms with Crippen LogP contribution in [0, 0.1) is 0 Å². The van der Waals surface area contributed by atoms with Crippen molar-refractivity contribution in [3.05, 3.63) is 29.8 Å². The molecule has 0 aromatic heterocycles. The third-order valence-electron chi connectivity index (χ3n) is 3.71. The minimum Gasteiger partial charge on any atom is -0.508 e. The second-order valence-electron chi connectivity index (χ2n) is 4.99. The molecule has 1 heterocycles. The van der Waals surface area contributed by atoms with Gasteiger partial charge in [0.15, 0.2) is 0 Å². The summed E-state index contributed by atoms with van der Waals surface area (Å²) in [6.45, 7) is 4.65. The highest BCUT2D eigenvalue weighted by Crippen LogP contribution is 2.18. The van der Waals surface area contributed by atoms with Crippen molar-refractivity contribution in [2.45, 2.75) is 32.2 Å². The Kier molecular flexibility index (Phi) is 4.80. The Morgan fingerprint density at radius 1 is 1.47 bits per heavy atom. The van der Waals surface area contributed by atoms with Gasteiger partial charge in [-0.05, 0) is 32.4 Å². The highest BCUT2D eigenvalue weighted by molar-refractivity contribution is 5.79. The number of carbonyl (C=O) groups excluding carboxylic acids is 1. The highest BCUT2D eigenvalue weighted by Gasteiger charge is 2.24. The third-order valence-corrected chi connectivity index (χ3v) is 3.71. The van der Waals surface area contributed by atoms with Crippen LogP contribution in [0.15, 0.2) is 24.3 Å². The van der Waals surface area contributed by atoms with Crippen molar-refractivity contribution in [3.63, 3.8) is 0 Å². The van der Waals surface area contributed by atoms with Crippen molar-refractivity contribution in [1.82, 2.24) is 10.2 Å². The second-order valence-corrected chi connectivity index (χ2v) is 4.99. The van der Waals surface area contributed by atoms with Gasteiger partial charge in [-0.1, -0.05) is 18.2 Å². The molecule has 0 spiro atoms. The lowest BCUT2D eigenvalue weighted by molar-refractivity contribution is -0.132. The first-order valence-corrected chi connectivity index (χ1v) is 6.99. The number of amides is 1. The summed E-state index contributed by atoms with van der Waals surface area (Å²) in [5.74, 6) is 0.298. The maximum Gasteiger partial charge on any atom is 0.227 e. The van der Waals surface area contributed by atoms with Crippen molar-refractivity contribution >= 4 is 5.91 Å². The van der Waals surface area contributed by atoms with Crippen LogP contribution in [0.5, 0.6) is 5.75 Å². The number of benzene rings is 1. The SMILES string of the molecule is CCN(C(=O)Cc1ccccc1O)C1CCCNC1. The molecule has 0 aliphatic carbocycles. The zero-order valence-electron chi connectivity index (χ0n) is 11.4. The van der Waals surface area contributed by atoms with Crippen molar-refractivity contribution in [2.24, 2.45) is 0 Å². The molecule has 2 N–H and O–H groups in total. The zero-order valence-corrected chi connectivity index (χ0v) is 11.4. The van der Waals surface area contributed by atoms with Crippen LogP contribution < -0.4 is 5.32 Å². The maximum atomic E-state index is 12.4. The van der Waals surface area contributed by atoms with E-state index >= 15 is 0 Å². The van der Waals surface area contributed by atoms with Gasteiger partial charge in [-0.25, -0.2) is 0 Å². The van der Waals surface area contributed by atoms with Gasteiger partial charge in [-0.15, -0.1) is 0 Å².